The predicted octanol–water partition coefficient (Wildman–Crippen LogP) is 23.3. The number of carboxylic acid groups (broad SMARTS) is 2. The largest absolute Gasteiger partial charge is 0.494 e. The van der Waals surface area contributed by atoms with Gasteiger partial charge in [0.15, 0.2) is 11.6 Å². The number of imidazole rings is 2. The zero-order chi connectivity index (χ0) is 90.7. The summed E-state index contributed by atoms with van der Waals surface area (Å²) < 4.78 is 47.8. The fraction of sp³-hybridized carbons (Fsp3) is 0.594. The van der Waals surface area contributed by atoms with E-state index in [1.54, 1.807) is 87.7 Å². The van der Waals surface area contributed by atoms with Gasteiger partial charge in [0.1, 0.15) is 46.1 Å². The molecule has 2 aromatic heterocycles. The van der Waals surface area contributed by atoms with Crippen LogP contribution >= 0.6 is 47.8 Å². The standard InChI is InChI=1S/C24H34BN3O4.C18H22BrN3O2.C18H23BrN2O4.C10H17NO4.C8H8BrNO.C7H15BO2.C2H4O2.9CH4.H3N/c1-22(2,3)30-21(29)28-14-8-9-19(28)20-26-15-18(27-20)16-10-12-17(13-11-16)25-31-23(4,5)24(6,7)32-25;1-18(2,3)24-17(23)22-10-4-5-15(22)16-20-11-14(21-16)12-6-8-13(19)9-7-12;1-18(2,3)25-17(24)21-10-4-5-14(21)16(23)20-11-15(22)12-6-8-13(19)9-7-12;1-10(2,3)15-9(14)11-6-4-5-7(11)8(12)13;9-7-3-1-6(2-4-7)8(11)5-10;1-6(2)7(3,4)10-8(5)9-6;1-2(3)4;;;;;;;;;;/h10-13,15,19H,8-9,14H2,1-7H3,(H,26,27);6-9,11,15H,4-5,10H2,1-3H3,(H,20,21);6-9,14H,4-5,10-11H2,1-3H3,(H,20,23);7H,4-6H2,1-3H3,(H,12,13);1-4H,5,10H2;1-5H3;1H3,(H,3,4);9*1H4;1H3/t19-;15-;14-;7-;;;;;;;;;;;;;/m0000............./s1. The maximum atomic E-state index is 12.6. The molecular weight excluding hydrogens is 1870 g/mol. The number of rotatable bonds is 12. The minimum Gasteiger partial charge on any atom is -0.481 e. The highest BCUT2D eigenvalue weighted by Gasteiger charge is 2.52. The molecule has 6 saturated heterocycles. The van der Waals surface area contributed by atoms with Gasteiger partial charge in [-0.1, -0.05) is 175 Å². The minimum absolute atomic E-state index is 0. The van der Waals surface area contributed by atoms with E-state index in [9.17, 15) is 38.4 Å². The smallest absolute Gasteiger partial charge is 0.481 e. The Morgan fingerprint density at radius 3 is 1.05 bits per heavy atom. The highest BCUT2D eigenvalue weighted by molar-refractivity contribution is 9.11. The number of Topliss-reactive ketones (excluding diaryl/α,β-unsaturated/α-hetero) is 2. The van der Waals surface area contributed by atoms with Crippen LogP contribution in [0.5, 0.6) is 0 Å². The minimum atomic E-state index is -0.960. The van der Waals surface area contributed by atoms with Crippen LogP contribution < -0.4 is 22.7 Å². The lowest BCUT2D eigenvalue weighted by Gasteiger charge is -2.32. The first-order valence-electron chi connectivity index (χ1n) is 40.6. The third-order valence-electron chi connectivity index (χ3n) is 20.1. The average Bonchev–Trinajstić information content (AvgIpc) is 1.62. The van der Waals surface area contributed by atoms with Crippen LogP contribution in [-0.2, 0) is 51.9 Å². The average molecular weight is 2040 g/mol. The van der Waals surface area contributed by atoms with E-state index >= 15 is 0 Å². The van der Waals surface area contributed by atoms with Crippen LogP contribution in [0.3, 0.4) is 0 Å². The zero-order valence-corrected chi connectivity index (χ0v) is 79.5. The van der Waals surface area contributed by atoms with E-state index < -0.39 is 58.6 Å². The van der Waals surface area contributed by atoms with Crippen LogP contribution in [0, 0.1) is 0 Å². The van der Waals surface area contributed by atoms with Gasteiger partial charge in [-0.3, -0.25) is 38.8 Å². The molecule has 30 nitrogen and oxygen atoms in total. The summed E-state index contributed by atoms with van der Waals surface area (Å²) in [7, 11) is -0.447. The Morgan fingerprint density at radius 1 is 0.458 bits per heavy atom. The lowest BCUT2D eigenvalue weighted by molar-refractivity contribution is -0.142. The summed E-state index contributed by atoms with van der Waals surface area (Å²) in [6.07, 6.45) is 8.24. The third kappa shape index (κ3) is 40.7. The van der Waals surface area contributed by atoms with E-state index in [1.807, 2.05) is 121 Å². The summed E-state index contributed by atoms with van der Waals surface area (Å²) in [4.78, 5) is 126. The van der Waals surface area contributed by atoms with Gasteiger partial charge in [-0.2, -0.15) is 0 Å². The van der Waals surface area contributed by atoms with E-state index in [1.165, 1.54) is 9.80 Å². The molecule has 6 aliphatic rings. The van der Waals surface area contributed by atoms with E-state index in [-0.39, 0.29) is 164 Å². The van der Waals surface area contributed by atoms with Gasteiger partial charge in [-0.05, 0) is 250 Å². The lowest BCUT2D eigenvalue weighted by Crippen LogP contribution is -2.48. The number of carbonyl (C=O) groups is 9. The van der Waals surface area contributed by atoms with Crippen molar-refractivity contribution < 1.29 is 90.9 Å². The Hall–Kier alpha value is -8.54. The molecule has 0 unspecified atom stereocenters. The number of carbonyl (C=O) groups excluding carboxylic acids is 7. The van der Waals surface area contributed by atoms with Crippen LogP contribution in [0.2, 0.25) is 6.82 Å². The summed E-state index contributed by atoms with van der Waals surface area (Å²) in [6.45, 7) is 43.7. The fourth-order valence-corrected chi connectivity index (χ4v) is 13.8. The summed E-state index contributed by atoms with van der Waals surface area (Å²) in [5.41, 5.74) is 8.06. The molecule has 5 amide bonds. The van der Waals surface area contributed by atoms with E-state index in [2.05, 4.69) is 128 Å². The zero-order valence-electron chi connectivity index (χ0n) is 74.7. The second-order valence-electron chi connectivity index (χ2n) is 35.9. The summed E-state index contributed by atoms with van der Waals surface area (Å²) in [5, 5.41) is 18.9. The molecule has 12 rings (SSSR count). The number of likely N-dealkylation sites (tertiary alicyclic amines) is 4. The molecule has 742 valence electrons. The van der Waals surface area contributed by atoms with Crippen molar-refractivity contribution >= 4 is 121 Å². The molecule has 10 N–H and O–H groups in total. The molecule has 4 aromatic carbocycles. The van der Waals surface area contributed by atoms with Gasteiger partial charge in [0.2, 0.25) is 5.91 Å². The van der Waals surface area contributed by atoms with Crippen molar-refractivity contribution in [3.8, 4) is 22.5 Å². The van der Waals surface area contributed by atoms with Crippen molar-refractivity contribution in [2.75, 3.05) is 39.3 Å². The number of ketones is 2. The number of nitrogens with one attached hydrogen (secondary N) is 3. The molecule has 0 aliphatic carbocycles. The SMILES string of the molecule is C.C.C.C.C.C.C.C.C.CB1OC(C)(C)C(C)(C)O1.CC(=O)O.CC(C)(C)OC(=O)N1CCC[C@H]1C(=O)NCC(=O)c1ccc(Br)cc1.CC(C)(C)OC(=O)N1CCC[C@H]1C(=O)O.CC(C)(C)OC(=O)N1CCC[C@H]1c1ncc(-c2ccc(B3OC(C)(C)C(C)(C)O3)cc2)[nH]1.CC(C)(C)OC(=O)N1CCC[C@H]1c1ncc(-c2ccc(Br)cc2)[nH]1.N.NCC(=O)c1ccc(Br)cc1. The second kappa shape index (κ2) is 56.0. The van der Waals surface area contributed by atoms with Crippen molar-refractivity contribution in [1.29, 1.82) is 0 Å². The first kappa shape index (κ1) is 131. The maximum absolute atomic E-state index is 12.6. The fourth-order valence-electron chi connectivity index (χ4n) is 13.0. The Bertz CT molecular complexity index is 4430. The highest BCUT2D eigenvalue weighted by atomic mass is 79.9. The molecule has 0 radical (unpaired) electrons. The van der Waals surface area contributed by atoms with Crippen LogP contribution in [0.25, 0.3) is 22.5 Å². The first-order chi connectivity index (χ1) is 56.0. The molecular formula is C96H162B2Br3N11O19. The number of benzene rings is 4. The number of aliphatic carboxylic acids is 2. The van der Waals surface area contributed by atoms with Crippen LogP contribution in [-0.4, -0.2) is 214 Å². The molecule has 0 saturated carbocycles. The number of amides is 5. The molecule has 131 heavy (non-hydrogen) atoms. The van der Waals surface area contributed by atoms with Crippen LogP contribution in [0.4, 0.5) is 19.2 Å². The topological polar surface area (TPSA) is 411 Å². The van der Waals surface area contributed by atoms with Crippen molar-refractivity contribution in [3.63, 3.8) is 0 Å². The summed E-state index contributed by atoms with van der Waals surface area (Å²) in [5.74, 6) is -0.720. The van der Waals surface area contributed by atoms with Crippen molar-refractivity contribution in [3.05, 3.63) is 146 Å². The third-order valence-corrected chi connectivity index (χ3v) is 21.7. The number of halogens is 3. The quantitative estimate of drug-likeness (QED) is 0.0340. The molecule has 6 aliphatic heterocycles. The molecule has 0 spiro atoms. The molecule has 6 fully saturated rings. The summed E-state index contributed by atoms with van der Waals surface area (Å²) >= 11 is 10.0. The highest BCUT2D eigenvalue weighted by Crippen LogP contribution is 2.40. The van der Waals surface area contributed by atoms with Gasteiger partial charge in [-0.25, -0.2) is 33.9 Å². The number of H-pyrrole nitrogens is 2. The van der Waals surface area contributed by atoms with Gasteiger partial charge in [0.25, 0.3) is 5.97 Å². The molecule has 8 heterocycles. The molecule has 4 atom stereocenters. The van der Waals surface area contributed by atoms with E-state index in [0.29, 0.717) is 50.1 Å². The number of aromatic amines is 2. The van der Waals surface area contributed by atoms with Crippen LogP contribution in [0.15, 0.2) is 123 Å². The Kier molecular flexibility index (Phi) is 55.9. The van der Waals surface area contributed by atoms with Gasteiger partial charge in [-0.15, -0.1) is 0 Å². The van der Waals surface area contributed by atoms with Crippen molar-refractivity contribution in [1.82, 2.24) is 51.0 Å². The predicted molar refractivity (Wildman–Crippen MR) is 541 cm³/mol. The molecule has 6 aromatic rings. The number of hydrogen-bond acceptors (Lipinski definition) is 21. The van der Waals surface area contributed by atoms with Gasteiger partial charge < -0.3 is 74.9 Å². The van der Waals surface area contributed by atoms with Gasteiger partial charge in [0, 0.05) is 57.6 Å². The van der Waals surface area contributed by atoms with E-state index in [4.69, 9.17) is 58.3 Å². The normalized spacial score (nSPS) is 17.8. The van der Waals surface area contributed by atoms with Crippen molar-refractivity contribution in [2.24, 2.45) is 5.73 Å². The van der Waals surface area contributed by atoms with Gasteiger partial charge >= 0.3 is 44.6 Å². The lowest BCUT2D eigenvalue weighted by atomic mass is 9.79. The maximum Gasteiger partial charge on any atom is 0.494 e. The second-order valence-corrected chi connectivity index (χ2v) is 38.6. The molecule has 35 heteroatoms. The molecule has 0 bridgehead atoms. The van der Waals surface area contributed by atoms with E-state index in [0.717, 1.165) is 98.5 Å². The Labute approximate surface area is 810 Å². The number of ether oxygens (including phenoxy) is 4. The number of nitrogens with two attached hydrogens (primary N) is 1. The Balaban J connectivity index is -0.000000491. The number of carboxylic acids is 2. The number of nitrogens with zero attached hydrogens (tertiary/aromatic N) is 6. The van der Waals surface area contributed by atoms with Gasteiger partial charge in [0.05, 0.1) is 71.4 Å². The Morgan fingerprint density at radius 2 is 0.740 bits per heavy atom. The first-order valence-corrected chi connectivity index (χ1v) is 43.0. The van der Waals surface area contributed by atoms with Crippen LogP contribution in [0.1, 0.15) is 308 Å². The monoisotopic (exact) mass is 2030 g/mol. The number of aromatic nitrogens is 4. The number of hydrogen-bond donors (Lipinski definition) is 7. The van der Waals surface area contributed by atoms with Crippen molar-refractivity contribution in [2.45, 2.75) is 339 Å². The summed E-state index contributed by atoms with van der Waals surface area (Å²) in [6, 6.07) is 28.8.